The Labute approximate surface area is 215 Å². The van der Waals surface area contributed by atoms with Gasteiger partial charge in [0.25, 0.3) is 17.7 Å². The number of halogens is 1. The van der Waals surface area contributed by atoms with Crippen LogP contribution in [0.25, 0.3) is 0 Å². The van der Waals surface area contributed by atoms with Gasteiger partial charge >= 0.3 is 6.16 Å². The summed E-state index contributed by atoms with van der Waals surface area (Å²) in [6.45, 7) is 2.96. The topological polar surface area (TPSA) is 114 Å². The first kappa shape index (κ1) is 25.4. The van der Waals surface area contributed by atoms with E-state index in [0.29, 0.717) is 36.1 Å². The van der Waals surface area contributed by atoms with Crippen LogP contribution >= 0.6 is 15.9 Å². The summed E-state index contributed by atoms with van der Waals surface area (Å²) < 4.78 is 10.4. The number of hydrogen-bond acceptors (Lipinski definition) is 7. The Morgan fingerprint density at radius 1 is 0.889 bits per heavy atom. The van der Waals surface area contributed by atoms with Gasteiger partial charge in [-0.3, -0.25) is 24.1 Å². The number of amides is 4. The second-order valence-electron chi connectivity index (χ2n) is 8.22. The number of fused-ring (bicyclic) bond motifs is 1. The van der Waals surface area contributed by atoms with Gasteiger partial charge < -0.3 is 19.3 Å². The third-order valence-electron chi connectivity index (χ3n) is 5.93. The molecular formula is C25H24BrN3O7. The van der Waals surface area contributed by atoms with Crippen LogP contribution in [0.3, 0.4) is 0 Å². The summed E-state index contributed by atoms with van der Waals surface area (Å²) in [4.78, 5) is 66.9. The van der Waals surface area contributed by atoms with E-state index in [4.69, 9.17) is 9.47 Å². The maximum absolute atomic E-state index is 13.0. The monoisotopic (exact) mass is 557 g/mol. The maximum Gasteiger partial charge on any atom is 0.513 e. The number of imide groups is 1. The molecule has 2 aromatic rings. The van der Waals surface area contributed by atoms with Gasteiger partial charge in [-0.05, 0) is 55.8 Å². The van der Waals surface area contributed by atoms with Gasteiger partial charge in [0.2, 0.25) is 5.91 Å². The fourth-order valence-electron chi connectivity index (χ4n) is 4.10. The van der Waals surface area contributed by atoms with E-state index < -0.39 is 18.0 Å². The van der Waals surface area contributed by atoms with Crippen LogP contribution in [0.4, 0.5) is 4.79 Å². The van der Waals surface area contributed by atoms with E-state index >= 15 is 0 Å². The molecule has 4 rings (SSSR count). The summed E-state index contributed by atoms with van der Waals surface area (Å²) in [5.74, 6) is -1.28. The van der Waals surface area contributed by atoms with Gasteiger partial charge in [-0.2, -0.15) is 0 Å². The predicted molar refractivity (Wildman–Crippen MR) is 131 cm³/mol. The van der Waals surface area contributed by atoms with Gasteiger partial charge in [-0.25, -0.2) is 4.79 Å². The zero-order valence-electron chi connectivity index (χ0n) is 19.6. The molecule has 0 aliphatic carbocycles. The average molecular weight is 558 g/mol. The SMILES string of the molecule is CCOC(=O)Oc1ccc(C(=O)N2CCCN(C(=O)CN3C(=O)c4ccc(Br)cc4C3=O)CC2)cc1. The van der Waals surface area contributed by atoms with E-state index in [1.807, 2.05) is 0 Å². The van der Waals surface area contributed by atoms with E-state index in [1.165, 1.54) is 12.1 Å². The van der Waals surface area contributed by atoms with E-state index in [1.54, 1.807) is 47.1 Å². The van der Waals surface area contributed by atoms with Crippen LogP contribution in [-0.2, 0) is 9.53 Å². The van der Waals surface area contributed by atoms with Crippen molar-refractivity contribution in [3.63, 3.8) is 0 Å². The number of carbonyl (C=O) groups excluding carboxylic acids is 5. The Balaban J connectivity index is 1.34. The molecule has 1 fully saturated rings. The molecule has 0 N–H and O–H groups in total. The molecule has 1 saturated heterocycles. The van der Waals surface area contributed by atoms with E-state index in [-0.39, 0.29) is 48.4 Å². The second-order valence-corrected chi connectivity index (χ2v) is 9.14. The quantitative estimate of drug-likeness (QED) is 0.315. The molecule has 36 heavy (non-hydrogen) atoms. The summed E-state index contributed by atoms with van der Waals surface area (Å²) in [5, 5.41) is 0. The zero-order valence-corrected chi connectivity index (χ0v) is 21.2. The number of rotatable bonds is 5. The van der Waals surface area contributed by atoms with E-state index in [0.717, 1.165) is 4.90 Å². The molecule has 0 atom stereocenters. The Morgan fingerprint density at radius 2 is 1.56 bits per heavy atom. The molecule has 2 heterocycles. The number of carbonyl (C=O) groups is 5. The molecule has 4 amide bonds. The summed E-state index contributed by atoms with van der Waals surface area (Å²) in [5.41, 5.74) is 0.971. The van der Waals surface area contributed by atoms with Crippen molar-refractivity contribution >= 4 is 45.7 Å². The Kier molecular flexibility index (Phi) is 7.68. The van der Waals surface area contributed by atoms with Crippen LogP contribution in [0.15, 0.2) is 46.9 Å². The highest BCUT2D eigenvalue weighted by atomic mass is 79.9. The largest absolute Gasteiger partial charge is 0.513 e. The van der Waals surface area contributed by atoms with Crippen LogP contribution in [0.1, 0.15) is 44.4 Å². The lowest BCUT2D eigenvalue weighted by molar-refractivity contribution is -0.131. The molecule has 0 unspecified atom stereocenters. The third kappa shape index (κ3) is 5.40. The van der Waals surface area contributed by atoms with Crippen molar-refractivity contribution < 1.29 is 33.4 Å². The summed E-state index contributed by atoms with van der Waals surface area (Å²) in [6.07, 6.45) is -0.265. The number of nitrogens with zero attached hydrogens (tertiary/aromatic N) is 3. The Bertz CT molecular complexity index is 1210. The van der Waals surface area contributed by atoms with Crippen LogP contribution in [-0.4, -0.2) is 83.8 Å². The molecule has 0 saturated carbocycles. The van der Waals surface area contributed by atoms with Crippen LogP contribution in [0.2, 0.25) is 0 Å². The van der Waals surface area contributed by atoms with Gasteiger partial charge in [-0.15, -0.1) is 0 Å². The van der Waals surface area contributed by atoms with Gasteiger partial charge in [0.1, 0.15) is 12.3 Å². The first-order valence-electron chi connectivity index (χ1n) is 11.5. The molecule has 2 aromatic carbocycles. The molecule has 10 nitrogen and oxygen atoms in total. The zero-order chi connectivity index (χ0) is 25.8. The number of hydrogen-bond donors (Lipinski definition) is 0. The lowest BCUT2D eigenvalue weighted by Gasteiger charge is -2.24. The van der Waals surface area contributed by atoms with Crippen molar-refractivity contribution in [2.45, 2.75) is 13.3 Å². The molecule has 2 aliphatic heterocycles. The van der Waals surface area contributed by atoms with Crippen molar-refractivity contribution in [2.24, 2.45) is 0 Å². The van der Waals surface area contributed by atoms with Crippen molar-refractivity contribution in [1.82, 2.24) is 14.7 Å². The van der Waals surface area contributed by atoms with Crippen molar-refractivity contribution in [2.75, 3.05) is 39.3 Å². The second kappa shape index (κ2) is 10.9. The Hall–Kier alpha value is -3.73. The minimum atomic E-state index is -0.817. The smallest absolute Gasteiger partial charge is 0.434 e. The molecule has 188 valence electrons. The predicted octanol–water partition coefficient (Wildman–Crippen LogP) is 2.96. The van der Waals surface area contributed by atoms with Crippen LogP contribution < -0.4 is 4.74 Å². The maximum atomic E-state index is 13.0. The van der Waals surface area contributed by atoms with Crippen molar-refractivity contribution in [3.05, 3.63) is 63.6 Å². The van der Waals surface area contributed by atoms with Crippen molar-refractivity contribution in [3.8, 4) is 5.75 Å². The lowest BCUT2D eigenvalue weighted by Crippen LogP contribution is -2.44. The molecule has 2 aliphatic rings. The Morgan fingerprint density at radius 3 is 2.28 bits per heavy atom. The minimum Gasteiger partial charge on any atom is -0.434 e. The molecule has 0 aromatic heterocycles. The fraction of sp³-hybridized carbons (Fsp3) is 0.320. The van der Waals surface area contributed by atoms with Crippen molar-refractivity contribution in [1.29, 1.82) is 0 Å². The molecule has 0 radical (unpaired) electrons. The molecule has 11 heteroatoms. The molecular weight excluding hydrogens is 534 g/mol. The van der Waals surface area contributed by atoms with E-state index in [9.17, 15) is 24.0 Å². The lowest BCUT2D eigenvalue weighted by atomic mass is 10.1. The standard InChI is InChI=1S/C25H24BrN3O7/c1-2-35-25(34)36-18-7-4-16(5-8-18)22(31)28-11-3-10-27(12-13-28)21(30)15-29-23(32)19-9-6-17(26)14-20(19)24(29)33/h4-9,14H,2-3,10-13,15H2,1H3. The average Bonchev–Trinajstić information content (AvgIpc) is 3.03. The first-order chi connectivity index (χ1) is 17.3. The van der Waals surface area contributed by atoms with E-state index in [2.05, 4.69) is 15.9 Å². The summed E-state index contributed by atoms with van der Waals surface area (Å²) >= 11 is 3.29. The summed E-state index contributed by atoms with van der Waals surface area (Å²) in [6, 6.07) is 11.0. The fourth-order valence-corrected chi connectivity index (χ4v) is 4.46. The number of benzene rings is 2. The minimum absolute atomic E-state index is 0.195. The highest BCUT2D eigenvalue weighted by molar-refractivity contribution is 9.10. The van der Waals surface area contributed by atoms with Crippen LogP contribution in [0.5, 0.6) is 5.75 Å². The first-order valence-corrected chi connectivity index (χ1v) is 12.2. The highest BCUT2D eigenvalue weighted by Crippen LogP contribution is 2.26. The number of ether oxygens (including phenoxy) is 2. The normalized spacial score (nSPS) is 15.4. The van der Waals surface area contributed by atoms with Gasteiger partial charge in [0, 0.05) is 36.2 Å². The summed E-state index contributed by atoms with van der Waals surface area (Å²) in [7, 11) is 0. The highest BCUT2D eigenvalue weighted by Gasteiger charge is 2.37. The molecule has 0 spiro atoms. The van der Waals surface area contributed by atoms with Crippen LogP contribution in [0, 0.1) is 0 Å². The third-order valence-corrected chi connectivity index (χ3v) is 6.42. The molecule has 0 bridgehead atoms. The van der Waals surface area contributed by atoms with Gasteiger partial charge in [-0.1, -0.05) is 15.9 Å². The van der Waals surface area contributed by atoms with Gasteiger partial charge in [0.05, 0.1) is 17.7 Å². The van der Waals surface area contributed by atoms with Gasteiger partial charge in [0.15, 0.2) is 0 Å².